The van der Waals surface area contributed by atoms with E-state index in [1.165, 1.54) is 31.5 Å². The van der Waals surface area contributed by atoms with Crippen molar-refractivity contribution in [1.82, 2.24) is 0 Å². The molecule has 0 radical (unpaired) electrons. The zero-order valence-corrected chi connectivity index (χ0v) is 15.3. The Bertz CT molecular complexity index is 1070. The number of esters is 1. The van der Waals surface area contributed by atoms with Crippen LogP contribution in [0.4, 0.5) is 5.69 Å². The van der Waals surface area contributed by atoms with E-state index in [4.69, 9.17) is 4.74 Å². The van der Waals surface area contributed by atoms with E-state index in [0.717, 1.165) is 16.3 Å². The summed E-state index contributed by atoms with van der Waals surface area (Å²) in [5.74, 6) is -1.09. The van der Waals surface area contributed by atoms with Gasteiger partial charge in [0.25, 0.3) is 0 Å². The highest BCUT2D eigenvalue weighted by Crippen LogP contribution is 2.17. The SMILES string of the molecule is COC(=O)/C(=C\Nc1ccc(O)cc1)C(=O)/C=C\c1ccc2ccccc2c1. The average molecular weight is 373 g/mol. The Morgan fingerprint density at radius 1 is 0.964 bits per heavy atom. The van der Waals surface area contributed by atoms with E-state index < -0.39 is 11.8 Å². The summed E-state index contributed by atoms with van der Waals surface area (Å²) in [6.07, 6.45) is 4.29. The summed E-state index contributed by atoms with van der Waals surface area (Å²) in [5.41, 5.74) is 1.33. The first-order valence-corrected chi connectivity index (χ1v) is 8.62. The summed E-state index contributed by atoms with van der Waals surface area (Å²) in [5, 5.41) is 14.3. The van der Waals surface area contributed by atoms with Crippen molar-refractivity contribution in [3.05, 3.63) is 90.1 Å². The second-order valence-electron chi connectivity index (χ2n) is 6.04. The van der Waals surface area contributed by atoms with Crippen LogP contribution < -0.4 is 5.32 Å². The fourth-order valence-corrected chi connectivity index (χ4v) is 2.63. The van der Waals surface area contributed by atoms with E-state index in [1.807, 2.05) is 42.5 Å². The Kier molecular flexibility index (Phi) is 5.87. The van der Waals surface area contributed by atoms with Crippen molar-refractivity contribution in [1.29, 1.82) is 0 Å². The lowest BCUT2D eigenvalue weighted by molar-refractivity contribution is -0.137. The number of methoxy groups -OCH3 is 1. The lowest BCUT2D eigenvalue weighted by Gasteiger charge is -2.05. The molecule has 0 aliphatic carbocycles. The van der Waals surface area contributed by atoms with Gasteiger partial charge in [-0.1, -0.05) is 42.5 Å². The monoisotopic (exact) mass is 373 g/mol. The van der Waals surface area contributed by atoms with E-state index in [-0.39, 0.29) is 11.3 Å². The number of allylic oxidation sites excluding steroid dienone is 1. The Morgan fingerprint density at radius 3 is 2.39 bits per heavy atom. The molecule has 2 N–H and O–H groups in total. The van der Waals surface area contributed by atoms with Crippen LogP contribution in [0.5, 0.6) is 5.75 Å². The number of aromatic hydroxyl groups is 1. The molecule has 0 atom stereocenters. The first kappa shape index (κ1) is 18.9. The van der Waals surface area contributed by atoms with Gasteiger partial charge < -0.3 is 15.2 Å². The smallest absolute Gasteiger partial charge is 0.343 e. The largest absolute Gasteiger partial charge is 0.508 e. The molecule has 28 heavy (non-hydrogen) atoms. The first-order valence-electron chi connectivity index (χ1n) is 8.62. The van der Waals surface area contributed by atoms with Crippen molar-refractivity contribution < 1.29 is 19.4 Å². The van der Waals surface area contributed by atoms with E-state index in [0.29, 0.717) is 5.69 Å². The maximum Gasteiger partial charge on any atom is 0.343 e. The molecule has 5 nitrogen and oxygen atoms in total. The minimum Gasteiger partial charge on any atom is -0.508 e. The molecule has 3 aromatic carbocycles. The number of ketones is 1. The quantitative estimate of drug-likeness (QED) is 0.222. The summed E-state index contributed by atoms with van der Waals surface area (Å²) >= 11 is 0. The predicted molar refractivity (Wildman–Crippen MR) is 110 cm³/mol. The van der Waals surface area contributed by atoms with E-state index >= 15 is 0 Å². The number of ether oxygens (including phenoxy) is 1. The third-order valence-electron chi connectivity index (χ3n) is 4.12. The molecule has 0 aliphatic heterocycles. The molecule has 0 bridgehead atoms. The molecule has 0 spiro atoms. The van der Waals surface area contributed by atoms with Gasteiger partial charge in [0.2, 0.25) is 0 Å². The van der Waals surface area contributed by atoms with Gasteiger partial charge in [0.05, 0.1) is 7.11 Å². The van der Waals surface area contributed by atoms with Gasteiger partial charge in [-0.25, -0.2) is 4.79 Å². The van der Waals surface area contributed by atoms with Gasteiger partial charge in [0.1, 0.15) is 11.3 Å². The van der Waals surface area contributed by atoms with Crippen LogP contribution in [0.2, 0.25) is 0 Å². The molecule has 0 heterocycles. The molecule has 5 heteroatoms. The average Bonchev–Trinajstić information content (AvgIpc) is 2.73. The van der Waals surface area contributed by atoms with E-state index in [9.17, 15) is 14.7 Å². The molecule has 0 unspecified atom stereocenters. The van der Waals surface area contributed by atoms with Gasteiger partial charge in [-0.15, -0.1) is 0 Å². The summed E-state index contributed by atoms with van der Waals surface area (Å²) < 4.78 is 4.71. The highest BCUT2D eigenvalue weighted by Gasteiger charge is 2.16. The maximum atomic E-state index is 12.5. The first-order chi connectivity index (χ1) is 13.6. The van der Waals surface area contributed by atoms with Gasteiger partial charge in [-0.2, -0.15) is 0 Å². The number of carbonyl (C=O) groups excluding carboxylic acids is 2. The van der Waals surface area contributed by atoms with Crippen molar-refractivity contribution in [2.24, 2.45) is 0 Å². The third-order valence-corrected chi connectivity index (χ3v) is 4.12. The van der Waals surface area contributed by atoms with Gasteiger partial charge in [0.15, 0.2) is 5.78 Å². The predicted octanol–water partition coefficient (Wildman–Crippen LogP) is 4.30. The molecule has 0 aliphatic rings. The number of anilines is 1. The zero-order valence-electron chi connectivity index (χ0n) is 15.3. The number of phenols is 1. The Balaban J connectivity index is 1.79. The molecule has 3 aromatic rings. The summed E-state index contributed by atoms with van der Waals surface area (Å²) in [4.78, 5) is 24.5. The van der Waals surface area contributed by atoms with Crippen molar-refractivity contribution in [3.63, 3.8) is 0 Å². The maximum absolute atomic E-state index is 12.5. The van der Waals surface area contributed by atoms with Crippen LogP contribution in [0.25, 0.3) is 16.8 Å². The minimum atomic E-state index is -0.737. The Labute approximate surface area is 162 Å². The summed E-state index contributed by atoms with van der Waals surface area (Å²) in [6, 6.07) is 20.0. The van der Waals surface area contributed by atoms with Crippen LogP contribution in [0.1, 0.15) is 5.56 Å². The van der Waals surface area contributed by atoms with Gasteiger partial charge in [-0.05, 0) is 52.7 Å². The van der Waals surface area contributed by atoms with Crippen LogP contribution in [0.3, 0.4) is 0 Å². The van der Waals surface area contributed by atoms with Crippen molar-refractivity contribution >= 4 is 34.3 Å². The van der Waals surface area contributed by atoms with Crippen LogP contribution in [0.15, 0.2) is 84.6 Å². The number of benzene rings is 3. The normalized spacial score (nSPS) is 11.5. The minimum absolute atomic E-state index is 0.122. The molecular formula is C23H19NO4. The molecule has 0 saturated heterocycles. The zero-order chi connectivity index (χ0) is 19.9. The van der Waals surface area contributed by atoms with Crippen LogP contribution in [-0.4, -0.2) is 24.0 Å². The molecule has 140 valence electrons. The highest BCUT2D eigenvalue weighted by molar-refractivity contribution is 6.22. The molecule has 0 fully saturated rings. The van der Waals surface area contributed by atoms with Crippen molar-refractivity contribution in [2.75, 3.05) is 12.4 Å². The standard InChI is InChI=1S/C23H19NO4/c1-28-23(27)21(15-24-19-9-11-20(25)12-10-19)22(26)13-7-16-6-8-17-4-2-3-5-18(17)14-16/h2-15,24-25H,1H3/b13-7-,21-15-. The van der Waals surface area contributed by atoms with Crippen LogP contribution in [-0.2, 0) is 14.3 Å². The number of fused-ring (bicyclic) bond motifs is 1. The highest BCUT2D eigenvalue weighted by atomic mass is 16.5. The van der Waals surface area contributed by atoms with Crippen molar-refractivity contribution in [3.8, 4) is 5.75 Å². The molecule has 0 aromatic heterocycles. The number of nitrogens with one attached hydrogen (secondary N) is 1. The van der Waals surface area contributed by atoms with Gasteiger partial charge >= 0.3 is 5.97 Å². The molecule has 0 amide bonds. The van der Waals surface area contributed by atoms with Gasteiger partial charge in [-0.3, -0.25) is 4.79 Å². The Hall–Kier alpha value is -3.86. The molecule has 3 rings (SSSR count). The third kappa shape index (κ3) is 4.65. The number of hydrogen-bond acceptors (Lipinski definition) is 5. The fraction of sp³-hybridized carbons (Fsp3) is 0.0435. The number of hydrogen-bond donors (Lipinski definition) is 2. The summed E-state index contributed by atoms with van der Waals surface area (Å²) in [6.45, 7) is 0. The second-order valence-corrected chi connectivity index (χ2v) is 6.04. The topological polar surface area (TPSA) is 75.6 Å². The van der Waals surface area contributed by atoms with Crippen molar-refractivity contribution in [2.45, 2.75) is 0 Å². The Morgan fingerprint density at radius 2 is 1.68 bits per heavy atom. The molecular weight excluding hydrogens is 354 g/mol. The van der Waals surface area contributed by atoms with Gasteiger partial charge in [0, 0.05) is 11.9 Å². The van der Waals surface area contributed by atoms with E-state index in [2.05, 4.69) is 5.32 Å². The second kappa shape index (κ2) is 8.68. The number of rotatable bonds is 6. The lowest BCUT2D eigenvalue weighted by atomic mass is 10.1. The van der Waals surface area contributed by atoms with Crippen LogP contribution in [0, 0.1) is 0 Å². The number of phenolic OH excluding ortho intramolecular Hbond substituents is 1. The van der Waals surface area contributed by atoms with Crippen LogP contribution >= 0.6 is 0 Å². The fourth-order valence-electron chi connectivity index (χ4n) is 2.63. The lowest BCUT2D eigenvalue weighted by Crippen LogP contribution is -2.14. The molecule has 0 saturated carbocycles. The number of carbonyl (C=O) groups is 2. The van der Waals surface area contributed by atoms with E-state index in [1.54, 1.807) is 18.2 Å². The summed E-state index contributed by atoms with van der Waals surface area (Å²) in [7, 11) is 1.22.